The summed E-state index contributed by atoms with van der Waals surface area (Å²) >= 11 is 1.27. The van der Waals surface area contributed by atoms with Gasteiger partial charge in [-0.3, -0.25) is 4.57 Å². The van der Waals surface area contributed by atoms with Crippen LogP contribution in [0.15, 0.2) is 12.2 Å². The standard InChI is InChI=1S/C6H13O2PS/c1-6(2)5-9(7,8-3)10-4/h1,5H2,2-4H3. The average molecular weight is 180 g/mol. The average Bonchev–Trinajstić information content (AvgIpc) is 1.87. The molecule has 0 N–H and O–H groups in total. The first-order chi connectivity index (χ1) is 4.54. The Labute approximate surface area is 66.2 Å². The third kappa shape index (κ3) is 3.45. The Bertz CT molecular complexity index is 159. The summed E-state index contributed by atoms with van der Waals surface area (Å²) in [6.45, 7) is 3.10. The van der Waals surface area contributed by atoms with Crippen molar-refractivity contribution in [2.75, 3.05) is 19.5 Å². The molecule has 0 fully saturated rings. The molecule has 0 aromatic carbocycles. The Morgan fingerprint density at radius 1 is 1.80 bits per heavy atom. The molecule has 60 valence electrons. The van der Waals surface area contributed by atoms with Crippen molar-refractivity contribution in [1.82, 2.24) is 0 Å². The van der Waals surface area contributed by atoms with Crippen molar-refractivity contribution in [1.29, 1.82) is 0 Å². The lowest BCUT2D eigenvalue weighted by atomic mass is 10.4. The molecule has 0 spiro atoms. The van der Waals surface area contributed by atoms with Gasteiger partial charge >= 0.3 is 0 Å². The maximum absolute atomic E-state index is 11.4. The van der Waals surface area contributed by atoms with Gasteiger partial charge in [-0.25, -0.2) is 0 Å². The predicted molar refractivity (Wildman–Crippen MR) is 47.8 cm³/mol. The molecule has 4 heteroatoms. The zero-order valence-corrected chi connectivity index (χ0v) is 8.30. The molecule has 0 rings (SSSR count). The largest absolute Gasteiger partial charge is 0.324 e. The minimum atomic E-state index is -2.42. The molecular formula is C6H13O2PS. The van der Waals surface area contributed by atoms with Gasteiger partial charge in [0.15, 0.2) is 0 Å². The molecule has 2 nitrogen and oxygen atoms in total. The van der Waals surface area contributed by atoms with Crippen LogP contribution in [0.1, 0.15) is 6.92 Å². The van der Waals surface area contributed by atoms with Gasteiger partial charge in [0.05, 0.1) is 6.16 Å². The third-order valence-electron chi connectivity index (χ3n) is 1.02. The van der Waals surface area contributed by atoms with Crippen molar-refractivity contribution in [2.24, 2.45) is 0 Å². The van der Waals surface area contributed by atoms with Gasteiger partial charge in [0.1, 0.15) is 0 Å². The van der Waals surface area contributed by atoms with Crippen LogP contribution in [0.3, 0.4) is 0 Å². The van der Waals surface area contributed by atoms with Crippen LogP contribution < -0.4 is 0 Å². The van der Waals surface area contributed by atoms with E-state index < -0.39 is 6.57 Å². The second kappa shape index (κ2) is 4.22. The van der Waals surface area contributed by atoms with Crippen LogP contribution in [0.2, 0.25) is 0 Å². The van der Waals surface area contributed by atoms with Crippen LogP contribution in [0.25, 0.3) is 0 Å². The van der Waals surface area contributed by atoms with E-state index >= 15 is 0 Å². The van der Waals surface area contributed by atoms with Gasteiger partial charge in [-0.15, -0.1) is 0 Å². The monoisotopic (exact) mass is 180 g/mol. The topological polar surface area (TPSA) is 26.3 Å². The summed E-state index contributed by atoms with van der Waals surface area (Å²) in [7, 11) is 1.47. The molecule has 0 aliphatic carbocycles. The van der Waals surface area contributed by atoms with Gasteiger partial charge in [-0.2, -0.15) is 0 Å². The Morgan fingerprint density at radius 2 is 2.30 bits per heavy atom. The van der Waals surface area contributed by atoms with Crippen molar-refractivity contribution >= 4 is 18.0 Å². The van der Waals surface area contributed by atoms with E-state index in [1.807, 2.05) is 6.92 Å². The minimum absolute atomic E-state index is 0.477. The van der Waals surface area contributed by atoms with Crippen LogP contribution in [-0.4, -0.2) is 19.5 Å². The highest BCUT2D eigenvalue weighted by Gasteiger charge is 2.18. The molecule has 0 radical (unpaired) electrons. The lowest BCUT2D eigenvalue weighted by Crippen LogP contribution is -1.88. The molecule has 1 unspecified atom stereocenters. The fourth-order valence-corrected chi connectivity index (χ4v) is 3.10. The summed E-state index contributed by atoms with van der Waals surface area (Å²) in [5.74, 6) is 0. The minimum Gasteiger partial charge on any atom is -0.324 e. The van der Waals surface area contributed by atoms with Crippen molar-refractivity contribution in [2.45, 2.75) is 6.92 Å². The molecule has 0 aliphatic heterocycles. The van der Waals surface area contributed by atoms with Gasteiger partial charge in [-0.05, 0) is 13.2 Å². The van der Waals surface area contributed by atoms with Crippen LogP contribution in [0, 0.1) is 0 Å². The number of allylic oxidation sites excluding steroid dienone is 1. The highest BCUT2D eigenvalue weighted by atomic mass is 32.7. The number of rotatable bonds is 4. The number of hydrogen-bond acceptors (Lipinski definition) is 3. The quantitative estimate of drug-likeness (QED) is 0.491. The fourth-order valence-electron chi connectivity index (χ4n) is 0.534. The van der Waals surface area contributed by atoms with E-state index in [-0.39, 0.29) is 0 Å². The van der Waals surface area contributed by atoms with Crippen LogP contribution >= 0.6 is 18.0 Å². The van der Waals surface area contributed by atoms with Crippen molar-refractivity contribution in [3.8, 4) is 0 Å². The predicted octanol–water partition coefficient (Wildman–Crippen LogP) is 2.77. The van der Waals surface area contributed by atoms with Gasteiger partial charge in [0.2, 0.25) is 0 Å². The summed E-state index contributed by atoms with van der Waals surface area (Å²) in [4.78, 5) is 0. The lowest BCUT2D eigenvalue weighted by molar-refractivity contribution is 0.411. The van der Waals surface area contributed by atoms with E-state index in [1.165, 1.54) is 18.5 Å². The molecule has 0 heterocycles. The van der Waals surface area contributed by atoms with Crippen LogP contribution in [0.5, 0.6) is 0 Å². The SMILES string of the molecule is C=C(C)CP(=O)(OC)SC. The Kier molecular flexibility index (Phi) is 4.34. The smallest absolute Gasteiger partial charge is 0.261 e. The van der Waals surface area contributed by atoms with Gasteiger partial charge in [-0.1, -0.05) is 23.5 Å². The highest BCUT2D eigenvalue weighted by molar-refractivity contribution is 8.56. The van der Waals surface area contributed by atoms with E-state index in [1.54, 1.807) is 6.26 Å². The van der Waals surface area contributed by atoms with Gasteiger partial charge in [0, 0.05) is 7.11 Å². The zero-order valence-electron chi connectivity index (χ0n) is 6.59. The van der Waals surface area contributed by atoms with E-state index in [0.717, 1.165) is 5.57 Å². The van der Waals surface area contributed by atoms with Crippen LogP contribution in [-0.2, 0) is 9.09 Å². The van der Waals surface area contributed by atoms with Crippen molar-refractivity contribution < 1.29 is 9.09 Å². The summed E-state index contributed by atoms with van der Waals surface area (Å²) < 4.78 is 16.3. The summed E-state index contributed by atoms with van der Waals surface area (Å²) in [5.41, 5.74) is 0.902. The molecule has 0 saturated heterocycles. The first kappa shape index (κ1) is 10.3. The highest BCUT2D eigenvalue weighted by Crippen LogP contribution is 2.58. The van der Waals surface area contributed by atoms with Gasteiger partial charge in [0.25, 0.3) is 6.57 Å². The summed E-state index contributed by atoms with van der Waals surface area (Å²) in [6.07, 6.45) is 2.26. The molecule has 0 bridgehead atoms. The van der Waals surface area contributed by atoms with E-state index in [9.17, 15) is 4.57 Å². The Hall–Kier alpha value is 0.280. The molecule has 10 heavy (non-hydrogen) atoms. The molecule has 1 atom stereocenters. The number of hydrogen-bond donors (Lipinski definition) is 0. The second-order valence-electron chi connectivity index (χ2n) is 2.09. The fraction of sp³-hybridized carbons (Fsp3) is 0.667. The van der Waals surface area contributed by atoms with E-state index in [2.05, 4.69) is 6.58 Å². The molecular weight excluding hydrogens is 167 g/mol. The maximum Gasteiger partial charge on any atom is 0.261 e. The zero-order chi connectivity index (χ0) is 8.20. The normalized spacial score (nSPS) is 16.3. The van der Waals surface area contributed by atoms with Crippen molar-refractivity contribution in [3.63, 3.8) is 0 Å². The molecule has 0 aromatic rings. The molecule has 0 aliphatic rings. The van der Waals surface area contributed by atoms with E-state index in [4.69, 9.17) is 4.52 Å². The first-order valence-electron chi connectivity index (χ1n) is 2.89. The maximum atomic E-state index is 11.4. The molecule has 0 amide bonds. The van der Waals surface area contributed by atoms with Crippen LogP contribution in [0.4, 0.5) is 0 Å². The van der Waals surface area contributed by atoms with E-state index in [0.29, 0.717) is 6.16 Å². The molecule has 0 aromatic heterocycles. The Morgan fingerprint density at radius 3 is 2.40 bits per heavy atom. The summed E-state index contributed by atoms with van der Waals surface area (Å²) in [6, 6.07) is 0. The lowest BCUT2D eigenvalue weighted by Gasteiger charge is -2.11. The third-order valence-corrected chi connectivity index (χ3v) is 5.56. The van der Waals surface area contributed by atoms with Crippen molar-refractivity contribution in [3.05, 3.63) is 12.2 Å². The van der Waals surface area contributed by atoms with Gasteiger partial charge < -0.3 is 4.52 Å². The molecule has 0 saturated carbocycles. The Balaban J connectivity index is 4.07. The summed E-state index contributed by atoms with van der Waals surface area (Å²) in [5, 5.41) is 0. The first-order valence-corrected chi connectivity index (χ1v) is 6.53. The second-order valence-corrected chi connectivity index (χ2v) is 7.12.